The second kappa shape index (κ2) is 5.75. The summed E-state index contributed by atoms with van der Waals surface area (Å²) in [6.07, 6.45) is 0.441. The fourth-order valence-corrected chi connectivity index (χ4v) is 2.65. The smallest absolute Gasteiger partial charge is 0.240 e. The minimum absolute atomic E-state index is 0.0174. The van der Waals surface area contributed by atoms with Crippen molar-refractivity contribution in [2.45, 2.75) is 30.8 Å². The van der Waals surface area contributed by atoms with E-state index in [4.69, 9.17) is 23.2 Å². The third-order valence-electron chi connectivity index (χ3n) is 2.61. The summed E-state index contributed by atoms with van der Waals surface area (Å²) < 4.78 is 26.2. The Bertz CT molecular complexity index is 529. The predicted molar refractivity (Wildman–Crippen MR) is 72.6 cm³/mol. The molecule has 1 unspecified atom stereocenters. The third-order valence-corrected chi connectivity index (χ3v) is 4.74. The highest BCUT2D eigenvalue weighted by atomic mass is 35.5. The summed E-state index contributed by atoms with van der Waals surface area (Å²) in [6, 6.07) is 4.04. The molecule has 0 spiro atoms. The molecule has 0 bridgehead atoms. The number of nitrogens with one attached hydrogen (secondary N) is 1. The van der Waals surface area contributed by atoms with Gasteiger partial charge in [0, 0.05) is 6.54 Å². The molecule has 2 N–H and O–H groups in total. The van der Waals surface area contributed by atoms with Gasteiger partial charge in [0.2, 0.25) is 10.0 Å². The zero-order chi connectivity index (χ0) is 14.0. The van der Waals surface area contributed by atoms with Crippen molar-refractivity contribution in [2.24, 2.45) is 0 Å². The van der Waals surface area contributed by atoms with E-state index in [1.165, 1.54) is 18.2 Å². The van der Waals surface area contributed by atoms with Crippen molar-refractivity contribution in [3.05, 3.63) is 28.2 Å². The highest BCUT2D eigenvalue weighted by molar-refractivity contribution is 7.89. The fraction of sp³-hybridized carbons (Fsp3) is 0.455. The number of aliphatic hydroxyl groups is 1. The monoisotopic (exact) mass is 311 g/mol. The van der Waals surface area contributed by atoms with Gasteiger partial charge in [-0.3, -0.25) is 0 Å². The van der Waals surface area contributed by atoms with E-state index in [-0.39, 0.29) is 21.5 Å². The normalized spacial score (nSPS) is 15.4. The lowest BCUT2D eigenvalue weighted by atomic mass is 10.1. The van der Waals surface area contributed by atoms with Crippen LogP contribution in [0.4, 0.5) is 0 Å². The van der Waals surface area contributed by atoms with E-state index in [1.54, 1.807) is 13.8 Å². The highest BCUT2D eigenvalue weighted by Gasteiger charge is 2.22. The summed E-state index contributed by atoms with van der Waals surface area (Å²) in [5, 5.41) is 10.2. The first-order valence-corrected chi connectivity index (χ1v) is 7.59. The zero-order valence-corrected chi connectivity index (χ0v) is 12.4. The van der Waals surface area contributed by atoms with Crippen LogP contribution in [0.1, 0.15) is 20.3 Å². The van der Waals surface area contributed by atoms with Crippen LogP contribution < -0.4 is 4.72 Å². The van der Waals surface area contributed by atoms with Crippen LogP contribution in [0.2, 0.25) is 10.0 Å². The molecule has 0 radical (unpaired) electrons. The van der Waals surface area contributed by atoms with Gasteiger partial charge in [-0.25, -0.2) is 13.1 Å². The molecule has 1 rings (SSSR count). The fourth-order valence-electron chi connectivity index (χ4n) is 1.10. The van der Waals surface area contributed by atoms with E-state index in [2.05, 4.69) is 4.72 Å². The summed E-state index contributed by atoms with van der Waals surface area (Å²) in [4.78, 5) is 0.0174. The van der Waals surface area contributed by atoms with Crippen LogP contribution in [0.5, 0.6) is 0 Å². The molecule has 0 aliphatic carbocycles. The molecule has 0 aliphatic rings. The van der Waals surface area contributed by atoms with E-state index < -0.39 is 15.6 Å². The van der Waals surface area contributed by atoms with Crippen molar-refractivity contribution in [3.63, 3.8) is 0 Å². The molecule has 0 heterocycles. The molecule has 0 amide bonds. The Morgan fingerprint density at radius 2 is 1.94 bits per heavy atom. The predicted octanol–water partition coefficient (Wildman–Crippen LogP) is 2.43. The number of sulfonamides is 1. The van der Waals surface area contributed by atoms with Crippen molar-refractivity contribution in [1.29, 1.82) is 0 Å². The number of rotatable bonds is 5. The van der Waals surface area contributed by atoms with Crippen LogP contribution in [-0.4, -0.2) is 25.7 Å². The van der Waals surface area contributed by atoms with Gasteiger partial charge in [0.05, 0.1) is 20.5 Å². The molecule has 102 valence electrons. The van der Waals surface area contributed by atoms with Crippen LogP contribution in [-0.2, 0) is 10.0 Å². The molecule has 0 fully saturated rings. The van der Waals surface area contributed by atoms with Crippen molar-refractivity contribution >= 4 is 33.2 Å². The first-order valence-electron chi connectivity index (χ1n) is 5.35. The average Bonchev–Trinajstić information content (AvgIpc) is 2.30. The summed E-state index contributed by atoms with van der Waals surface area (Å²) in [6.45, 7) is 3.27. The first-order chi connectivity index (χ1) is 8.18. The largest absolute Gasteiger partial charge is 0.389 e. The minimum atomic E-state index is -3.70. The van der Waals surface area contributed by atoms with Crippen LogP contribution >= 0.6 is 23.2 Å². The number of hydrogen-bond acceptors (Lipinski definition) is 3. The van der Waals surface area contributed by atoms with Crippen LogP contribution in [0, 0.1) is 0 Å². The van der Waals surface area contributed by atoms with E-state index in [0.717, 1.165) is 0 Å². The van der Waals surface area contributed by atoms with Crippen molar-refractivity contribution in [3.8, 4) is 0 Å². The average molecular weight is 312 g/mol. The summed E-state index contributed by atoms with van der Waals surface area (Å²) in [5.41, 5.74) is -1.08. The third kappa shape index (κ3) is 4.10. The van der Waals surface area contributed by atoms with Gasteiger partial charge in [0.1, 0.15) is 0 Å². The SMILES string of the molecule is CCC(C)(O)CNS(=O)(=O)c1ccc(Cl)c(Cl)c1. The molecule has 0 saturated heterocycles. The molecular weight excluding hydrogens is 297 g/mol. The minimum Gasteiger partial charge on any atom is -0.389 e. The lowest BCUT2D eigenvalue weighted by Gasteiger charge is -2.21. The van der Waals surface area contributed by atoms with Gasteiger partial charge < -0.3 is 5.11 Å². The molecule has 0 aliphatic heterocycles. The van der Waals surface area contributed by atoms with Crippen LogP contribution in [0.3, 0.4) is 0 Å². The van der Waals surface area contributed by atoms with E-state index in [1.807, 2.05) is 0 Å². The molecule has 4 nitrogen and oxygen atoms in total. The van der Waals surface area contributed by atoms with E-state index in [9.17, 15) is 13.5 Å². The van der Waals surface area contributed by atoms with Crippen molar-refractivity contribution in [1.82, 2.24) is 4.72 Å². The topological polar surface area (TPSA) is 66.4 Å². The highest BCUT2D eigenvalue weighted by Crippen LogP contribution is 2.24. The Morgan fingerprint density at radius 1 is 1.33 bits per heavy atom. The molecule has 1 aromatic carbocycles. The number of halogens is 2. The Hall–Kier alpha value is -0.330. The maximum absolute atomic E-state index is 11.9. The van der Waals surface area contributed by atoms with Crippen molar-refractivity contribution < 1.29 is 13.5 Å². The Morgan fingerprint density at radius 3 is 2.44 bits per heavy atom. The van der Waals surface area contributed by atoms with Gasteiger partial charge in [-0.15, -0.1) is 0 Å². The van der Waals surface area contributed by atoms with Gasteiger partial charge in [-0.2, -0.15) is 0 Å². The van der Waals surface area contributed by atoms with Crippen LogP contribution in [0.15, 0.2) is 23.1 Å². The van der Waals surface area contributed by atoms with Gasteiger partial charge in [0.25, 0.3) is 0 Å². The lowest BCUT2D eigenvalue weighted by Crippen LogP contribution is -2.40. The number of benzene rings is 1. The first kappa shape index (κ1) is 15.7. The summed E-state index contributed by atoms with van der Waals surface area (Å²) in [5.74, 6) is 0. The standard InChI is InChI=1S/C11H15Cl2NO3S/c1-3-11(2,15)7-14-18(16,17)8-4-5-9(12)10(13)6-8/h4-6,14-15H,3,7H2,1-2H3. The Balaban J connectivity index is 2.90. The lowest BCUT2D eigenvalue weighted by molar-refractivity contribution is 0.0613. The second-order valence-electron chi connectivity index (χ2n) is 4.25. The Labute approximate surface area is 117 Å². The molecule has 7 heteroatoms. The molecular formula is C11H15Cl2NO3S. The molecule has 18 heavy (non-hydrogen) atoms. The Kier molecular flexibility index (Phi) is 5.03. The molecule has 1 aromatic rings. The number of hydrogen-bond donors (Lipinski definition) is 2. The van der Waals surface area contributed by atoms with E-state index in [0.29, 0.717) is 6.42 Å². The second-order valence-corrected chi connectivity index (χ2v) is 6.83. The molecule has 1 atom stereocenters. The maximum atomic E-state index is 11.9. The van der Waals surface area contributed by atoms with Gasteiger partial charge in [0.15, 0.2) is 0 Å². The summed E-state index contributed by atoms with van der Waals surface area (Å²) >= 11 is 11.5. The summed E-state index contributed by atoms with van der Waals surface area (Å²) in [7, 11) is -3.70. The van der Waals surface area contributed by atoms with Gasteiger partial charge >= 0.3 is 0 Å². The quantitative estimate of drug-likeness (QED) is 0.877. The molecule has 0 saturated carbocycles. The maximum Gasteiger partial charge on any atom is 0.240 e. The molecule has 0 aromatic heterocycles. The van der Waals surface area contributed by atoms with Gasteiger partial charge in [-0.05, 0) is 31.5 Å². The zero-order valence-electron chi connectivity index (χ0n) is 10.1. The van der Waals surface area contributed by atoms with Gasteiger partial charge in [-0.1, -0.05) is 30.1 Å². The van der Waals surface area contributed by atoms with Crippen molar-refractivity contribution in [2.75, 3.05) is 6.54 Å². The van der Waals surface area contributed by atoms with E-state index >= 15 is 0 Å². The van der Waals surface area contributed by atoms with Crippen LogP contribution in [0.25, 0.3) is 0 Å².